The second kappa shape index (κ2) is 26.6. The average molecular weight is 1200 g/mol. The summed E-state index contributed by atoms with van der Waals surface area (Å²) in [6.45, 7) is 5.43. The third-order valence-electron chi connectivity index (χ3n) is 12.9. The summed E-state index contributed by atoms with van der Waals surface area (Å²) in [5.74, 6) is -5.80. The second-order valence-corrected chi connectivity index (χ2v) is 21.8. The van der Waals surface area contributed by atoms with E-state index in [9.17, 15) is 56.4 Å². The van der Waals surface area contributed by atoms with Gasteiger partial charge in [-0.15, -0.1) is 16.4 Å². The van der Waals surface area contributed by atoms with Gasteiger partial charge in [-0.3, -0.25) is 19.2 Å². The number of aliphatic imine (C=N–C) groups is 2. The standard InChI is InChI=1S/C52H58Cl2F5N11O10S/c1-25-46(81-24-63-25)28-8-6-27(7-9-28)18-62-49(76)37-17-31(72)19-69(37)50(77)47(51(3,4)5)66-40(74)22-78-13-12-61-39(73)23-79-44-42(70-20-36(67-68-70)29-14-33(55)41(54)34(56)15-29)43(75)38(21-71)80-45(44)48(64-26(2)60)65-35-16-30(53)10-11-32(35)52(57,58)59/h6-11,14-16,20,24,31,37-38,42-45,47,71-72,75H,12-13,17-19,21-23H2,1-5H3,(H,61,73)(H,62,76)(H,66,74)(H2,60,64,65)/t31-,37+,38-,42+,43+,44-,45-,47-/m1/s1. The molecule has 81 heavy (non-hydrogen) atoms. The molecule has 8 N–H and O–H groups in total. The minimum absolute atomic E-state index is 0.0260. The number of carbonyl (C=O) groups excluding carboxylic acids is 4. The average Bonchev–Trinajstić information content (AvgIpc) is 4.20. The van der Waals surface area contributed by atoms with Gasteiger partial charge in [0.1, 0.15) is 78.1 Å². The highest BCUT2D eigenvalue weighted by Gasteiger charge is 2.50. The molecule has 436 valence electrons. The Labute approximate surface area is 474 Å². The molecule has 7 rings (SSSR count). The number of β-amino-alcohol motifs (C(OH)–C–C–N with tert-alkyl or cyclic N) is 1. The maximum absolute atomic E-state index is 14.6. The maximum Gasteiger partial charge on any atom is 0.418 e. The van der Waals surface area contributed by atoms with Gasteiger partial charge in [-0.2, -0.15) is 13.2 Å². The van der Waals surface area contributed by atoms with Crippen molar-refractivity contribution >= 4 is 75.5 Å². The third-order valence-corrected chi connectivity index (χ3v) is 14.5. The topological polar surface area (TPSA) is 290 Å². The lowest BCUT2D eigenvalue weighted by molar-refractivity contribution is -0.200. The van der Waals surface area contributed by atoms with E-state index in [4.69, 9.17) is 43.1 Å². The van der Waals surface area contributed by atoms with Crippen molar-refractivity contribution in [1.82, 2.24) is 40.8 Å². The number of alkyl halides is 3. The van der Waals surface area contributed by atoms with E-state index in [1.54, 1.807) is 26.3 Å². The molecule has 5 aromatic rings. The molecule has 2 saturated heterocycles. The van der Waals surface area contributed by atoms with E-state index in [0.717, 1.165) is 56.8 Å². The van der Waals surface area contributed by atoms with E-state index in [2.05, 4.69) is 41.2 Å². The number of aliphatic hydroxyl groups excluding tert-OH is 3. The van der Waals surface area contributed by atoms with Crippen LogP contribution in [0.4, 0.5) is 27.6 Å². The normalized spacial score (nSPS) is 21.2. The van der Waals surface area contributed by atoms with E-state index >= 15 is 0 Å². The van der Waals surface area contributed by atoms with Crippen LogP contribution in [-0.4, -0.2) is 158 Å². The van der Waals surface area contributed by atoms with E-state index in [0.29, 0.717) is 6.07 Å². The van der Waals surface area contributed by atoms with Gasteiger partial charge in [0.2, 0.25) is 23.6 Å². The van der Waals surface area contributed by atoms with E-state index < -0.39 is 137 Å². The van der Waals surface area contributed by atoms with Gasteiger partial charge in [0.05, 0.1) is 58.7 Å². The Kier molecular flexibility index (Phi) is 20.4. The molecule has 2 aromatic heterocycles. The van der Waals surface area contributed by atoms with Crippen molar-refractivity contribution in [1.29, 1.82) is 0 Å². The molecule has 2 fully saturated rings. The molecule has 8 atom stereocenters. The number of thiazole rings is 1. The number of ether oxygens (including phenoxy) is 3. The van der Waals surface area contributed by atoms with Crippen molar-refractivity contribution < 1.29 is 70.7 Å². The van der Waals surface area contributed by atoms with Crippen molar-refractivity contribution in [3.05, 3.63) is 105 Å². The summed E-state index contributed by atoms with van der Waals surface area (Å²) < 4.78 is 90.6. The number of amides is 4. The zero-order chi connectivity index (χ0) is 59.1. The quantitative estimate of drug-likeness (QED) is 0.0187. The SMILES string of the molecule is CC(N)=NC(=Nc1cc(Cl)ccc1C(F)(F)F)[C@@H]1O[C@H](CO)[C@H](O)[C@H](n2cc(-c3cc(F)c(Cl)c(F)c3)nn2)[C@H]1OCC(=O)NCCOCC(=O)N[C@H](C(=O)N1C[C@H](O)C[C@H]1C(=O)NCc1ccc(-c2scnc2C)cc1)C(C)(C)C. The number of hydrogen-bond acceptors (Lipinski definition) is 15. The fourth-order valence-electron chi connectivity index (χ4n) is 8.98. The van der Waals surface area contributed by atoms with Crippen LogP contribution >= 0.6 is 34.5 Å². The molecule has 0 radical (unpaired) electrons. The number of aryl methyl sites for hydroxylation is 1. The van der Waals surface area contributed by atoms with Crippen LogP contribution in [0.15, 0.2) is 76.3 Å². The first-order chi connectivity index (χ1) is 38.2. The highest BCUT2D eigenvalue weighted by atomic mass is 35.5. The molecule has 29 heteroatoms. The lowest BCUT2D eigenvalue weighted by Crippen LogP contribution is -2.59. The zero-order valence-electron chi connectivity index (χ0n) is 44.1. The van der Waals surface area contributed by atoms with Crippen LogP contribution < -0.4 is 21.7 Å². The number of rotatable bonds is 19. The summed E-state index contributed by atoms with van der Waals surface area (Å²) >= 11 is 13.3. The smallest absolute Gasteiger partial charge is 0.394 e. The zero-order valence-corrected chi connectivity index (χ0v) is 46.4. The molecule has 2 aliphatic rings. The van der Waals surface area contributed by atoms with Crippen molar-refractivity contribution in [2.45, 2.75) is 102 Å². The van der Waals surface area contributed by atoms with Crippen LogP contribution in [0.3, 0.4) is 0 Å². The Morgan fingerprint density at radius 1 is 0.988 bits per heavy atom. The molecule has 21 nitrogen and oxygen atoms in total. The molecule has 3 aromatic carbocycles. The Morgan fingerprint density at radius 2 is 1.69 bits per heavy atom. The number of nitrogens with two attached hydrogens (primary N) is 1. The third kappa shape index (κ3) is 15.5. The Hall–Kier alpha value is -6.56. The number of benzene rings is 3. The number of aromatic nitrogens is 4. The first kappa shape index (κ1) is 62.0. The van der Waals surface area contributed by atoms with Crippen molar-refractivity contribution in [2.75, 3.05) is 39.5 Å². The van der Waals surface area contributed by atoms with Gasteiger partial charge in [-0.25, -0.2) is 28.4 Å². The van der Waals surface area contributed by atoms with Crippen molar-refractivity contribution in [3.8, 4) is 21.7 Å². The van der Waals surface area contributed by atoms with E-state index in [-0.39, 0.29) is 54.8 Å². The van der Waals surface area contributed by atoms with Crippen LogP contribution in [0.5, 0.6) is 0 Å². The largest absolute Gasteiger partial charge is 0.418 e. The first-order valence-corrected chi connectivity index (χ1v) is 26.7. The molecule has 0 saturated carbocycles. The van der Waals surface area contributed by atoms with Crippen LogP contribution in [0.25, 0.3) is 21.7 Å². The molecule has 4 amide bonds. The molecule has 0 aliphatic carbocycles. The number of likely N-dealkylation sites (tertiary alicyclic amines) is 1. The maximum atomic E-state index is 14.6. The Morgan fingerprint density at radius 3 is 2.32 bits per heavy atom. The minimum Gasteiger partial charge on any atom is -0.394 e. The van der Waals surface area contributed by atoms with Gasteiger partial charge in [0, 0.05) is 36.6 Å². The molecule has 0 spiro atoms. The van der Waals surface area contributed by atoms with Crippen molar-refractivity contribution in [3.63, 3.8) is 0 Å². The number of amidine groups is 2. The number of carbonyl (C=O) groups is 4. The molecule has 2 aliphatic heterocycles. The Bertz CT molecular complexity index is 3120. The number of aliphatic hydroxyl groups is 3. The van der Waals surface area contributed by atoms with Gasteiger partial charge in [-0.05, 0) is 60.7 Å². The van der Waals surface area contributed by atoms with Crippen molar-refractivity contribution in [2.24, 2.45) is 21.1 Å². The van der Waals surface area contributed by atoms with Crippen LogP contribution in [0.2, 0.25) is 10.0 Å². The molecule has 4 heterocycles. The monoisotopic (exact) mass is 1190 g/mol. The first-order valence-electron chi connectivity index (χ1n) is 25.0. The minimum atomic E-state index is -4.97. The predicted molar refractivity (Wildman–Crippen MR) is 287 cm³/mol. The van der Waals surface area contributed by atoms with Crippen LogP contribution in [0.1, 0.15) is 57.0 Å². The van der Waals surface area contributed by atoms with E-state index in [1.165, 1.54) is 23.2 Å². The van der Waals surface area contributed by atoms with Crippen LogP contribution in [0, 0.1) is 24.0 Å². The number of nitrogens with one attached hydrogen (secondary N) is 3. The fourth-order valence-corrected chi connectivity index (χ4v) is 10.1. The summed E-state index contributed by atoms with van der Waals surface area (Å²) in [7, 11) is 0. The Balaban J connectivity index is 1.01. The van der Waals surface area contributed by atoms with Gasteiger partial charge < -0.3 is 56.1 Å². The lowest BCUT2D eigenvalue weighted by Gasteiger charge is -2.43. The summed E-state index contributed by atoms with van der Waals surface area (Å²) in [5.41, 5.74) is 7.19. The number of halogens is 7. The number of hydrogen-bond donors (Lipinski definition) is 7. The van der Waals surface area contributed by atoms with Gasteiger partial charge >= 0.3 is 6.18 Å². The highest BCUT2D eigenvalue weighted by Crippen LogP contribution is 2.40. The highest BCUT2D eigenvalue weighted by molar-refractivity contribution is 7.13. The molecular formula is C52H58Cl2F5N11O10S. The molecule has 0 unspecified atom stereocenters. The summed E-state index contributed by atoms with van der Waals surface area (Å²) in [4.78, 5) is 69.3. The van der Waals surface area contributed by atoms with E-state index in [1.807, 2.05) is 31.2 Å². The summed E-state index contributed by atoms with van der Waals surface area (Å²) in [6.07, 6.45) is -11.7. The van der Waals surface area contributed by atoms with Crippen LogP contribution in [-0.2, 0) is 46.1 Å². The van der Waals surface area contributed by atoms with Gasteiger partial charge in [0.25, 0.3) is 0 Å². The summed E-state index contributed by atoms with van der Waals surface area (Å²) in [5, 5.41) is 47.8. The fraction of sp³-hybridized carbons (Fsp3) is 0.442. The lowest BCUT2D eigenvalue weighted by atomic mass is 9.85. The van der Waals surface area contributed by atoms with Gasteiger partial charge in [0.15, 0.2) is 5.84 Å². The molecule has 0 bridgehead atoms. The summed E-state index contributed by atoms with van der Waals surface area (Å²) in [6, 6.07) is 8.09. The molecular weight excluding hydrogens is 1140 g/mol. The number of nitrogens with zero attached hydrogens (tertiary/aromatic N) is 7. The predicted octanol–water partition coefficient (Wildman–Crippen LogP) is 5.08. The van der Waals surface area contributed by atoms with Gasteiger partial charge in [-0.1, -0.05) is 73.5 Å². The second-order valence-electron chi connectivity index (χ2n) is 20.1.